The van der Waals surface area contributed by atoms with Crippen LogP contribution in [0.1, 0.15) is 30.7 Å². The fourth-order valence-electron chi connectivity index (χ4n) is 3.52. The summed E-state index contributed by atoms with van der Waals surface area (Å²) in [5, 5.41) is 4.12. The fraction of sp³-hybridized carbons (Fsp3) is 0.318. The Morgan fingerprint density at radius 3 is 2.90 bits per heavy atom. The van der Waals surface area contributed by atoms with Gasteiger partial charge in [0.25, 0.3) is 0 Å². The molecule has 1 aliphatic heterocycles. The lowest BCUT2D eigenvalue weighted by Gasteiger charge is -2.16. The lowest BCUT2D eigenvalue weighted by molar-refractivity contribution is -0.128. The van der Waals surface area contributed by atoms with Crippen molar-refractivity contribution in [3.8, 4) is 22.9 Å². The first-order chi connectivity index (χ1) is 14.2. The molecular formula is C22H23N3O4. The summed E-state index contributed by atoms with van der Waals surface area (Å²) < 4.78 is 16.4. The normalized spacial score (nSPS) is 16.3. The predicted octanol–water partition coefficient (Wildman–Crippen LogP) is 3.66. The van der Waals surface area contributed by atoms with Crippen LogP contribution in [0.5, 0.6) is 11.5 Å². The average Bonchev–Trinajstić information content (AvgIpc) is 3.36. The van der Waals surface area contributed by atoms with Crippen LogP contribution in [0.25, 0.3) is 11.4 Å². The number of methoxy groups -OCH3 is 1. The number of ether oxygens (including phenoxy) is 2. The Balaban J connectivity index is 1.49. The monoisotopic (exact) mass is 393 g/mol. The van der Waals surface area contributed by atoms with Crippen LogP contribution in [-0.2, 0) is 11.3 Å². The molecule has 0 saturated carbocycles. The SMILES string of the molecule is CCOc1ccccc1-c1noc(C2CC(=O)N(Cc3cccc(OC)c3)C2)n1. The van der Waals surface area contributed by atoms with E-state index in [1.165, 1.54) is 0 Å². The zero-order chi connectivity index (χ0) is 20.2. The number of aromatic nitrogens is 2. The van der Waals surface area contributed by atoms with Crippen molar-refractivity contribution < 1.29 is 18.8 Å². The average molecular weight is 393 g/mol. The van der Waals surface area contributed by atoms with Crippen molar-refractivity contribution in [2.24, 2.45) is 0 Å². The third-order valence-electron chi connectivity index (χ3n) is 4.94. The molecule has 0 spiro atoms. The summed E-state index contributed by atoms with van der Waals surface area (Å²) >= 11 is 0. The summed E-state index contributed by atoms with van der Waals surface area (Å²) in [4.78, 5) is 18.9. The summed E-state index contributed by atoms with van der Waals surface area (Å²) in [7, 11) is 1.63. The number of carbonyl (C=O) groups excluding carboxylic acids is 1. The van der Waals surface area contributed by atoms with Crippen LogP contribution in [0, 0.1) is 0 Å². The van der Waals surface area contributed by atoms with Gasteiger partial charge in [-0.1, -0.05) is 29.4 Å². The second kappa shape index (κ2) is 8.34. The van der Waals surface area contributed by atoms with E-state index in [1.54, 1.807) is 7.11 Å². The summed E-state index contributed by atoms with van der Waals surface area (Å²) in [6, 6.07) is 15.3. The molecule has 150 valence electrons. The van der Waals surface area contributed by atoms with Crippen molar-refractivity contribution in [3.05, 3.63) is 60.0 Å². The lowest BCUT2D eigenvalue weighted by Crippen LogP contribution is -2.24. The summed E-state index contributed by atoms with van der Waals surface area (Å²) in [5.41, 5.74) is 1.80. The molecule has 1 amide bonds. The molecule has 4 rings (SSSR count). The molecule has 1 aromatic heterocycles. The number of likely N-dealkylation sites (tertiary alicyclic amines) is 1. The number of nitrogens with zero attached hydrogens (tertiary/aromatic N) is 3. The van der Waals surface area contributed by atoms with E-state index in [1.807, 2.05) is 60.4 Å². The molecule has 2 heterocycles. The van der Waals surface area contributed by atoms with E-state index in [0.29, 0.717) is 43.6 Å². The number of para-hydroxylation sites is 1. The molecule has 0 aliphatic carbocycles. The number of amides is 1. The van der Waals surface area contributed by atoms with Gasteiger partial charge in [-0.2, -0.15) is 4.98 Å². The van der Waals surface area contributed by atoms with Crippen molar-refractivity contribution in [3.63, 3.8) is 0 Å². The second-order valence-corrected chi connectivity index (χ2v) is 6.91. The smallest absolute Gasteiger partial charge is 0.232 e. The Morgan fingerprint density at radius 2 is 2.07 bits per heavy atom. The third kappa shape index (κ3) is 4.08. The highest BCUT2D eigenvalue weighted by molar-refractivity contribution is 5.79. The highest BCUT2D eigenvalue weighted by Crippen LogP contribution is 2.32. The maximum Gasteiger partial charge on any atom is 0.232 e. The predicted molar refractivity (Wildman–Crippen MR) is 107 cm³/mol. The van der Waals surface area contributed by atoms with E-state index < -0.39 is 0 Å². The van der Waals surface area contributed by atoms with E-state index in [-0.39, 0.29) is 11.8 Å². The van der Waals surface area contributed by atoms with E-state index in [9.17, 15) is 4.79 Å². The Bertz CT molecular complexity index is 1000. The van der Waals surface area contributed by atoms with E-state index in [0.717, 1.165) is 16.9 Å². The molecule has 29 heavy (non-hydrogen) atoms. The summed E-state index contributed by atoms with van der Waals surface area (Å²) in [6.07, 6.45) is 0.360. The van der Waals surface area contributed by atoms with Gasteiger partial charge in [0.05, 0.1) is 25.2 Å². The highest BCUT2D eigenvalue weighted by Gasteiger charge is 2.34. The van der Waals surface area contributed by atoms with Crippen molar-refractivity contribution >= 4 is 5.91 Å². The Kier molecular flexibility index (Phi) is 5.46. The highest BCUT2D eigenvalue weighted by atomic mass is 16.5. The first-order valence-corrected chi connectivity index (χ1v) is 9.64. The van der Waals surface area contributed by atoms with Crippen LogP contribution >= 0.6 is 0 Å². The number of hydrogen-bond donors (Lipinski definition) is 0. The quantitative estimate of drug-likeness (QED) is 0.610. The topological polar surface area (TPSA) is 77.7 Å². The Labute approximate surface area is 169 Å². The van der Waals surface area contributed by atoms with E-state index >= 15 is 0 Å². The van der Waals surface area contributed by atoms with E-state index in [4.69, 9.17) is 14.0 Å². The zero-order valence-electron chi connectivity index (χ0n) is 16.5. The molecule has 3 aromatic rings. The van der Waals surface area contributed by atoms with Crippen molar-refractivity contribution in [1.29, 1.82) is 0 Å². The molecule has 1 fully saturated rings. The van der Waals surface area contributed by atoms with Gasteiger partial charge in [0.15, 0.2) is 0 Å². The van der Waals surface area contributed by atoms with Gasteiger partial charge in [-0.15, -0.1) is 0 Å². The standard InChI is InChI=1S/C22H23N3O4/c1-3-28-19-10-5-4-9-18(19)21-23-22(29-24-21)16-12-20(26)25(14-16)13-15-7-6-8-17(11-15)27-2/h4-11,16H,3,12-14H2,1-2H3. The minimum Gasteiger partial charge on any atom is -0.497 e. The van der Waals surface area contributed by atoms with Crippen molar-refractivity contribution in [2.75, 3.05) is 20.3 Å². The minimum absolute atomic E-state index is 0.0762. The van der Waals surface area contributed by atoms with Crippen LogP contribution < -0.4 is 9.47 Å². The molecular weight excluding hydrogens is 370 g/mol. The molecule has 7 nitrogen and oxygen atoms in total. The van der Waals surface area contributed by atoms with Crippen LogP contribution in [0.2, 0.25) is 0 Å². The zero-order valence-corrected chi connectivity index (χ0v) is 16.5. The molecule has 2 aromatic carbocycles. The lowest BCUT2D eigenvalue weighted by atomic mass is 10.1. The third-order valence-corrected chi connectivity index (χ3v) is 4.94. The molecule has 7 heteroatoms. The van der Waals surface area contributed by atoms with Gasteiger partial charge < -0.3 is 18.9 Å². The van der Waals surface area contributed by atoms with Gasteiger partial charge in [-0.25, -0.2) is 0 Å². The van der Waals surface area contributed by atoms with Gasteiger partial charge in [0, 0.05) is 19.5 Å². The van der Waals surface area contributed by atoms with Crippen LogP contribution in [-0.4, -0.2) is 41.2 Å². The van der Waals surface area contributed by atoms with Crippen molar-refractivity contribution in [2.45, 2.75) is 25.8 Å². The molecule has 1 atom stereocenters. The van der Waals surface area contributed by atoms with E-state index in [2.05, 4.69) is 10.1 Å². The number of benzene rings is 2. The first-order valence-electron chi connectivity index (χ1n) is 9.64. The molecule has 0 bridgehead atoms. The largest absolute Gasteiger partial charge is 0.497 e. The Hall–Kier alpha value is -3.35. The van der Waals surface area contributed by atoms with Crippen molar-refractivity contribution in [1.82, 2.24) is 15.0 Å². The Morgan fingerprint density at radius 1 is 1.21 bits per heavy atom. The van der Waals surface area contributed by atoms with Gasteiger partial charge >= 0.3 is 0 Å². The number of hydrogen-bond acceptors (Lipinski definition) is 6. The first kappa shape index (κ1) is 19.0. The molecule has 0 radical (unpaired) electrons. The minimum atomic E-state index is -0.117. The van der Waals surface area contributed by atoms with Crippen LogP contribution in [0.15, 0.2) is 53.1 Å². The second-order valence-electron chi connectivity index (χ2n) is 6.91. The molecule has 1 unspecified atom stereocenters. The summed E-state index contributed by atoms with van der Waals surface area (Å²) in [6.45, 7) is 3.56. The maximum absolute atomic E-state index is 12.5. The molecule has 1 aliphatic rings. The van der Waals surface area contributed by atoms with Gasteiger partial charge in [0.2, 0.25) is 17.6 Å². The van der Waals surface area contributed by atoms with Gasteiger partial charge in [0.1, 0.15) is 11.5 Å². The number of carbonyl (C=O) groups is 1. The number of rotatable bonds is 7. The van der Waals surface area contributed by atoms with Crippen LogP contribution in [0.4, 0.5) is 0 Å². The molecule has 0 N–H and O–H groups in total. The summed E-state index contributed by atoms with van der Waals surface area (Å²) in [5.74, 6) is 2.40. The fourth-order valence-corrected chi connectivity index (χ4v) is 3.52. The van der Waals surface area contributed by atoms with Gasteiger partial charge in [-0.05, 0) is 36.8 Å². The molecule has 1 saturated heterocycles. The van der Waals surface area contributed by atoms with Crippen LogP contribution in [0.3, 0.4) is 0 Å². The van der Waals surface area contributed by atoms with Gasteiger partial charge in [-0.3, -0.25) is 4.79 Å². The maximum atomic E-state index is 12.5.